The highest BCUT2D eigenvalue weighted by atomic mass is 127. The number of rotatable bonds is 8. The Morgan fingerprint density at radius 2 is 2.16 bits per heavy atom. The molecule has 9 nitrogen and oxygen atoms in total. The van der Waals surface area contributed by atoms with Crippen molar-refractivity contribution < 1.29 is 13.2 Å². The number of fused-ring (bicyclic) bond motifs is 2. The predicted octanol–water partition coefficient (Wildman–Crippen LogP) is 2.82. The van der Waals surface area contributed by atoms with Crippen LogP contribution >= 0.6 is 34.4 Å². The molecule has 2 aromatic heterocycles. The minimum Gasteiger partial charge on any atom is -0.493 e. The van der Waals surface area contributed by atoms with E-state index in [-0.39, 0.29) is 11.8 Å². The van der Waals surface area contributed by atoms with Crippen LogP contribution in [0.4, 0.5) is 5.82 Å². The third-order valence-corrected chi connectivity index (χ3v) is 8.65. The Labute approximate surface area is 198 Å². The summed E-state index contributed by atoms with van der Waals surface area (Å²) in [6.07, 6.45) is 2.73. The molecule has 3 heterocycles. The van der Waals surface area contributed by atoms with Crippen LogP contribution in [0, 0.1) is 3.57 Å². The van der Waals surface area contributed by atoms with Crippen molar-refractivity contribution in [2.45, 2.75) is 49.3 Å². The van der Waals surface area contributed by atoms with Gasteiger partial charge in [-0.25, -0.2) is 28.1 Å². The summed E-state index contributed by atoms with van der Waals surface area (Å²) < 4.78 is 35.8. The fourth-order valence-electron chi connectivity index (χ4n) is 3.40. The van der Waals surface area contributed by atoms with Crippen molar-refractivity contribution in [1.82, 2.24) is 24.2 Å². The van der Waals surface area contributed by atoms with Crippen molar-refractivity contribution in [2.24, 2.45) is 0 Å². The molecule has 0 saturated carbocycles. The normalized spacial score (nSPS) is 13.7. The summed E-state index contributed by atoms with van der Waals surface area (Å²) in [6.45, 7) is 4.74. The second-order valence-corrected chi connectivity index (χ2v) is 11.6. The van der Waals surface area contributed by atoms with Crippen LogP contribution in [0.25, 0.3) is 11.2 Å². The van der Waals surface area contributed by atoms with Gasteiger partial charge in [0.2, 0.25) is 10.0 Å². The maximum absolute atomic E-state index is 12.2. The number of benzene rings is 1. The lowest BCUT2D eigenvalue weighted by atomic mass is 10.2. The molecule has 0 bridgehead atoms. The van der Waals surface area contributed by atoms with E-state index in [1.54, 1.807) is 13.8 Å². The van der Waals surface area contributed by atoms with Crippen molar-refractivity contribution in [2.75, 3.05) is 18.1 Å². The summed E-state index contributed by atoms with van der Waals surface area (Å²) in [5.41, 5.74) is 8.34. The number of nitrogen functional groups attached to an aromatic ring is 1. The number of halogens is 1. The Morgan fingerprint density at radius 3 is 2.94 bits per heavy atom. The molecule has 1 aliphatic rings. The minimum atomic E-state index is -3.35. The Balaban J connectivity index is 1.64. The summed E-state index contributed by atoms with van der Waals surface area (Å²) in [6, 6.07) is 4.03. The summed E-state index contributed by atoms with van der Waals surface area (Å²) in [7, 11) is -3.35. The molecule has 1 aromatic carbocycles. The molecule has 0 saturated heterocycles. The average Bonchev–Trinajstić information content (AvgIpc) is 3.26. The first-order valence-electron chi connectivity index (χ1n) is 9.83. The fourth-order valence-corrected chi connectivity index (χ4v) is 6.55. The van der Waals surface area contributed by atoms with E-state index in [4.69, 9.17) is 10.5 Å². The topological polar surface area (TPSA) is 125 Å². The number of sulfonamides is 1. The van der Waals surface area contributed by atoms with E-state index in [1.165, 1.54) is 23.7 Å². The van der Waals surface area contributed by atoms with E-state index in [1.807, 2.05) is 10.6 Å². The maximum Gasteiger partial charge on any atom is 0.211 e. The van der Waals surface area contributed by atoms with E-state index >= 15 is 0 Å². The molecule has 0 radical (unpaired) electrons. The maximum atomic E-state index is 12.2. The molecule has 3 N–H and O–H groups in total. The Kier molecular flexibility index (Phi) is 6.60. The van der Waals surface area contributed by atoms with Crippen LogP contribution in [0.15, 0.2) is 28.5 Å². The first-order valence-corrected chi connectivity index (χ1v) is 13.4. The number of hydrogen-bond donors (Lipinski definition) is 2. The first kappa shape index (κ1) is 22.6. The highest BCUT2D eigenvalue weighted by Crippen LogP contribution is 2.38. The fraction of sp³-hybridized carbons (Fsp3) is 0.421. The summed E-state index contributed by atoms with van der Waals surface area (Å²) >= 11 is 3.80. The van der Waals surface area contributed by atoms with Crippen LogP contribution < -0.4 is 15.2 Å². The molecular formula is C19H23IN6O3S2. The number of hydrogen-bond acceptors (Lipinski definition) is 8. The number of aromatic nitrogens is 4. The summed E-state index contributed by atoms with van der Waals surface area (Å²) in [5, 5.41) is 0.687. The van der Waals surface area contributed by atoms with Gasteiger partial charge in [-0.15, -0.1) is 0 Å². The third-order valence-electron chi connectivity index (χ3n) is 4.68. The zero-order valence-corrected chi connectivity index (χ0v) is 20.9. The van der Waals surface area contributed by atoms with Crippen molar-refractivity contribution in [3.63, 3.8) is 0 Å². The number of nitrogens with zero attached hydrogens (tertiary/aromatic N) is 4. The van der Waals surface area contributed by atoms with Crippen molar-refractivity contribution >= 4 is 61.4 Å². The highest BCUT2D eigenvalue weighted by Gasteiger charge is 2.21. The third kappa shape index (κ3) is 5.07. The lowest BCUT2D eigenvalue weighted by Gasteiger charge is -2.12. The van der Waals surface area contributed by atoms with Gasteiger partial charge >= 0.3 is 0 Å². The zero-order valence-electron chi connectivity index (χ0n) is 17.1. The van der Waals surface area contributed by atoms with Gasteiger partial charge in [-0.3, -0.25) is 0 Å². The number of aryl methyl sites for hydroxylation is 1. The van der Waals surface area contributed by atoms with E-state index in [9.17, 15) is 8.42 Å². The van der Waals surface area contributed by atoms with Gasteiger partial charge < -0.3 is 15.0 Å². The smallest absolute Gasteiger partial charge is 0.211 e. The molecule has 0 atom stereocenters. The molecule has 0 amide bonds. The van der Waals surface area contributed by atoms with Gasteiger partial charge in [-0.2, -0.15) is 0 Å². The number of nitrogens with two attached hydrogens (primary N) is 1. The second kappa shape index (κ2) is 9.08. The van der Waals surface area contributed by atoms with E-state index in [0.29, 0.717) is 41.7 Å². The van der Waals surface area contributed by atoms with Crippen molar-refractivity contribution in [3.05, 3.63) is 27.6 Å². The van der Waals surface area contributed by atoms with E-state index in [0.717, 1.165) is 20.6 Å². The van der Waals surface area contributed by atoms with Crippen LogP contribution in [0.2, 0.25) is 0 Å². The van der Waals surface area contributed by atoms with Crippen LogP contribution in [-0.2, 0) is 23.0 Å². The van der Waals surface area contributed by atoms with Crippen LogP contribution in [0.3, 0.4) is 0 Å². The predicted molar refractivity (Wildman–Crippen MR) is 129 cm³/mol. The monoisotopic (exact) mass is 574 g/mol. The number of imidazole rings is 1. The van der Waals surface area contributed by atoms with Gasteiger partial charge in [0.15, 0.2) is 22.1 Å². The molecule has 0 aliphatic carbocycles. The largest absolute Gasteiger partial charge is 0.493 e. The van der Waals surface area contributed by atoms with Crippen LogP contribution in [0.1, 0.15) is 25.8 Å². The standard InChI is InChI=1S/C19H23IN6O3S2/c1-11(2)25-31(27,28)7-3-5-26-18-16(17(21)22-10-23-18)24-19(26)30-15-9-14-12(4-6-29-14)8-13(15)20/h8-11,25H,3-7H2,1-2H3,(H2,21,22,23). The van der Waals surface area contributed by atoms with Gasteiger partial charge in [-0.05, 0) is 60.6 Å². The molecule has 12 heteroatoms. The number of nitrogens with one attached hydrogen (secondary N) is 1. The van der Waals surface area contributed by atoms with Crippen LogP contribution in [-0.4, -0.2) is 46.3 Å². The van der Waals surface area contributed by atoms with Gasteiger partial charge in [0, 0.05) is 27.5 Å². The van der Waals surface area contributed by atoms with Gasteiger partial charge in [0.05, 0.1) is 12.4 Å². The van der Waals surface area contributed by atoms with E-state index in [2.05, 4.69) is 48.3 Å². The Bertz CT molecular complexity index is 1230. The zero-order chi connectivity index (χ0) is 22.2. The molecule has 0 spiro atoms. The van der Waals surface area contributed by atoms with Gasteiger partial charge in [0.1, 0.15) is 12.1 Å². The lowest BCUT2D eigenvalue weighted by Crippen LogP contribution is -2.32. The highest BCUT2D eigenvalue weighted by molar-refractivity contribution is 14.1. The van der Waals surface area contributed by atoms with Crippen LogP contribution in [0.5, 0.6) is 5.75 Å². The molecule has 0 fully saturated rings. The van der Waals surface area contributed by atoms with Gasteiger partial charge in [-0.1, -0.05) is 11.8 Å². The van der Waals surface area contributed by atoms with E-state index < -0.39 is 10.0 Å². The lowest BCUT2D eigenvalue weighted by molar-refractivity contribution is 0.356. The van der Waals surface area contributed by atoms with Crippen molar-refractivity contribution in [1.29, 1.82) is 0 Å². The van der Waals surface area contributed by atoms with Crippen molar-refractivity contribution in [3.8, 4) is 5.75 Å². The molecule has 4 rings (SSSR count). The molecule has 3 aromatic rings. The Hall–Kier alpha value is -1.64. The minimum absolute atomic E-state index is 0.0136. The first-order chi connectivity index (χ1) is 14.7. The molecule has 166 valence electrons. The summed E-state index contributed by atoms with van der Waals surface area (Å²) in [5.74, 6) is 1.21. The molecule has 31 heavy (non-hydrogen) atoms. The SMILES string of the molecule is CC(C)NS(=O)(=O)CCCn1c(Sc2cc3c(cc2I)CCO3)nc2c(N)ncnc21. The quantitative estimate of drug-likeness (QED) is 0.394. The number of ether oxygens (including phenoxy) is 1. The average molecular weight is 574 g/mol. The van der Waals surface area contributed by atoms with Gasteiger partial charge in [0.25, 0.3) is 0 Å². The molecule has 1 aliphatic heterocycles. The number of anilines is 1. The molecular weight excluding hydrogens is 551 g/mol. The molecule has 0 unspecified atom stereocenters. The Morgan fingerprint density at radius 1 is 1.35 bits per heavy atom. The second-order valence-electron chi connectivity index (χ2n) is 7.51. The summed E-state index contributed by atoms with van der Waals surface area (Å²) in [4.78, 5) is 14.1.